The van der Waals surface area contributed by atoms with E-state index in [9.17, 15) is 0 Å². The second kappa shape index (κ2) is 31.6. The van der Waals surface area contributed by atoms with Gasteiger partial charge in [0.1, 0.15) is 0 Å². The van der Waals surface area contributed by atoms with E-state index in [1.807, 2.05) is 0 Å². The van der Waals surface area contributed by atoms with Crippen molar-refractivity contribution >= 4 is 0 Å². The normalized spacial score (nSPS) is 0. The summed E-state index contributed by atoms with van der Waals surface area (Å²) in [6.07, 6.45) is 0. The molecular formula is FeK3O2-. The van der Waals surface area contributed by atoms with Gasteiger partial charge in [-0.15, -0.1) is 0 Å². The van der Waals surface area contributed by atoms with Gasteiger partial charge in [0.25, 0.3) is 0 Å². The maximum atomic E-state index is 0. The van der Waals surface area contributed by atoms with Gasteiger partial charge < -0.3 is 11.0 Å². The van der Waals surface area contributed by atoms with Gasteiger partial charge in [-0.3, -0.25) is 0 Å². The second-order valence-electron chi connectivity index (χ2n) is 0. The Hall–Kier alpha value is 5.35. The smallest absolute Gasteiger partial charge is 1.00 e. The average Bonchev–Trinajstić information content (AvgIpc) is 0. The van der Waals surface area contributed by atoms with Crippen molar-refractivity contribution in [2.45, 2.75) is 0 Å². The van der Waals surface area contributed by atoms with Crippen LogP contribution in [0.1, 0.15) is 0 Å². The third kappa shape index (κ3) is 22.8. The first kappa shape index (κ1) is 42.5. The molecule has 0 aliphatic carbocycles. The Morgan fingerprint density at radius 2 is 0.500 bits per heavy atom. The Labute approximate surface area is 176 Å². The van der Waals surface area contributed by atoms with Crippen molar-refractivity contribution < 1.29 is 182 Å². The summed E-state index contributed by atoms with van der Waals surface area (Å²) in [6.45, 7) is 0. The van der Waals surface area contributed by atoms with E-state index in [2.05, 4.69) is 0 Å². The number of hydrogen-bond donors (Lipinski definition) is 0. The molecule has 24 valence electrons. The molecule has 0 aromatic heterocycles. The zero-order chi connectivity index (χ0) is 0. The van der Waals surface area contributed by atoms with Crippen LogP contribution in [-0.4, -0.2) is 0 Å². The van der Waals surface area contributed by atoms with Crippen LogP contribution in [-0.2, 0) is 28.0 Å². The van der Waals surface area contributed by atoms with E-state index in [4.69, 9.17) is 0 Å². The summed E-state index contributed by atoms with van der Waals surface area (Å²) in [5, 5.41) is 0. The van der Waals surface area contributed by atoms with Gasteiger partial charge in [-0.25, -0.2) is 0 Å². The zero-order valence-electron chi connectivity index (χ0n) is 4.17. The molecule has 0 radical (unpaired) electrons. The molecule has 2 nitrogen and oxygen atoms in total. The second-order valence-corrected chi connectivity index (χ2v) is 0. The topological polar surface area (TPSA) is 57.0 Å². The first-order chi connectivity index (χ1) is 0. The monoisotopic (exact) mass is 205 g/mol. The Morgan fingerprint density at radius 3 is 0.500 bits per heavy atom. The van der Waals surface area contributed by atoms with Crippen molar-refractivity contribution in [1.29, 1.82) is 0 Å². The molecule has 6 heteroatoms. The maximum Gasteiger partial charge on any atom is 1.00 e. The van der Waals surface area contributed by atoms with Gasteiger partial charge in [0.05, 0.1) is 0 Å². The Bertz CT molecular complexity index is 8.75. The molecule has 0 aliphatic heterocycles. The molecule has 0 fully saturated rings. The zero-order valence-corrected chi connectivity index (χ0v) is 14.6. The molecule has 0 rings (SSSR count). The number of hydrogen-bond acceptors (Lipinski definition) is 0. The molecule has 0 unspecified atom stereocenters. The van der Waals surface area contributed by atoms with Gasteiger partial charge in [0.2, 0.25) is 0 Å². The van der Waals surface area contributed by atoms with Crippen LogP contribution in [0, 0.1) is 0 Å². The predicted octanol–water partition coefficient (Wildman–Crippen LogP) is -9.23. The summed E-state index contributed by atoms with van der Waals surface area (Å²) in [5.41, 5.74) is 0. The van der Waals surface area contributed by atoms with Crippen molar-refractivity contribution in [1.82, 2.24) is 0 Å². The SMILES string of the molecule is [Fe].[K+].[K+].[K+].[O-2].[O-2]. The molecule has 6 heavy (non-hydrogen) atoms. The first-order valence-corrected chi connectivity index (χ1v) is 0. The minimum absolute atomic E-state index is 0. The molecule has 0 bridgehead atoms. The molecule has 0 aliphatic rings. The fraction of sp³-hybridized carbons (Fsp3) is 0. The number of rotatable bonds is 0. The van der Waals surface area contributed by atoms with Crippen LogP contribution in [0.5, 0.6) is 0 Å². The van der Waals surface area contributed by atoms with Gasteiger partial charge in [-0.2, -0.15) is 0 Å². The molecule has 0 saturated heterocycles. The fourth-order valence-corrected chi connectivity index (χ4v) is 0. The van der Waals surface area contributed by atoms with Crippen LogP contribution in [0.3, 0.4) is 0 Å². The summed E-state index contributed by atoms with van der Waals surface area (Å²) in [5.74, 6) is 0. The minimum atomic E-state index is 0. The van der Waals surface area contributed by atoms with E-state index in [-0.39, 0.29) is 182 Å². The van der Waals surface area contributed by atoms with Gasteiger partial charge in [-0.1, -0.05) is 0 Å². The van der Waals surface area contributed by atoms with E-state index >= 15 is 0 Å². The molecule has 0 amide bonds. The summed E-state index contributed by atoms with van der Waals surface area (Å²) in [7, 11) is 0. The van der Waals surface area contributed by atoms with E-state index in [1.165, 1.54) is 0 Å². The van der Waals surface area contributed by atoms with Crippen molar-refractivity contribution in [2.24, 2.45) is 0 Å². The van der Waals surface area contributed by atoms with Crippen LogP contribution in [0.4, 0.5) is 0 Å². The van der Waals surface area contributed by atoms with Crippen LogP contribution in [0.2, 0.25) is 0 Å². The summed E-state index contributed by atoms with van der Waals surface area (Å²) in [6, 6.07) is 0. The van der Waals surface area contributed by atoms with Crippen LogP contribution < -0.4 is 154 Å². The van der Waals surface area contributed by atoms with Crippen LogP contribution >= 0.6 is 0 Å². The Balaban J connectivity index is 0. The molecule has 0 N–H and O–H groups in total. The van der Waals surface area contributed by atoms with Crippen molar-refractivity contribution in [2.75, 3.05) is 0 Å². The summed E-state index contributed by atoms with van der Waals surface area (Å²) >= 11 is 0. The quantitative estimate of drug-likeness (QED) is 0.353. The molecule has 0 heterocycles. The maximum absolute atomic E-state index is 0. The van der Waals surface area contributed by atoms with E-state index in [0.717, 1.165) is 0 Å². The Morgan fingerprint density at radius 1 is 0.500 bits per heavy atom. The van der Waals surface area contributed by atoms with Gasteiger partial charge in [-0.05, 0) is 0 Å². The first-order valence-electron chi connectivity index (χ1n) is 0. The van der Waals surface area contributed by atoms with Crippen molar-refractivity contribution in [3.8, 4) is 0 Å². The molecule has 0 saturated carbocycles. The summed E-state index contributed by atoms with van der Waals surface area (Å²) in [4.78, 5) is 0. The molecule has 0 aromatic carbocycles. The van der Waals surface area contributed by atoms with Gasteiger partial charge in [0.15, 0.2) is 0 Å². The van der Waals surface area contributed by atoms with E-state index < -0.39 is 0 Å². The molecular weight excluding hydrogens is 205 g/mol. The molecule has 0 atom stereocenters. The standard InChI is InChI=1S/Fe.3K.2O/q;3*+1;2*-2. The summed E-state index contributed by atoms with van der Waals surface area (Å²) < 4.78 is 0. The van der Waals surface area contributed by atoms with Crippen molar-refractivity contribution in [3.05, 3.63) is 0 Å². The largest absolute Gasteiger partial charge is 2.00 e. The van der Waals surface area contributed by atoms with E-state index in [1.54, 1.807) is 0 Å². The van der Waals surface area contributed by atoms with E-state index in [0.29, 0.717) is 0 Å². The predicted molar refractivity (Wildman–Crippen MR) is 1.37 cm³/mol. The average molecular weight is 205 g/mol. The minimum Gasteiger partial charge on any atom is -2.00 e. The molecule has 0 aromatic rings. The van der Waals surface area contributed by atoms with Crippen LogP contribution in [0.25, 0.3) is 0 Å². The van der Waals surface area contributed by atoms with Crippen molar-refractivity contribution in [3.63, 3.8) is 0 Å². The van der Waals surface area contributed by atoms with Gasteiger partial charge >= 0.3 is 154 Å². The Kier molecular flexibility index (Phi) is 224. The third-order valence-corrected chi connectivity index (χ3v) is 0. The third-order valence-electron chi connectivity index (χ3n) is 0. The van der Waals surface area contributed by atoms with Gasteiger partial charge in [0, 0.05) is 17.1 Å². The fourth-order valence-electron chi connectivity index (χ4n) is 0. The van der Waals surface area contributed by atoms with Crippen LogP contribution in [0.15, 0.2) is 0 Å². The molecule has 0 spiro atoms.